The Hall–Kier alpha value is -1.08. The summed E-state index contributed by atoms with van der Waals surface area (Å²) in [5.41, 5.74) is 0.361. The first kappa shape index (κ1) is 18.3. The minimum absolute atomic E-state index is 0.119. The van der Waals surface area contributed by atoms with Crippen molar-refractivity contribution in [2.45, 2.75) is 55.8 Å². The maximum absolute atomic E-state index is 12.5. The van der Waals surface area contributed by atoms with Crippen molar-refractivity contribution in [3.63, 3.8) is 0 Å². The molecule has 0 radical (unpaired) electrons. The number of anilines is 1. The van der Waals surface area contributed by atoms with Gasteiger partial charge < -0.3 is 10.6 Å². The molecule has 1 amide bonds. The van der Waals surface area contributed by atoms with Gasteiger partial charge in [0.1, 0.15) is 0 Å². The topological polar surface area (TPSA) is 66.9 Å². The molecule has 4 aliphatic rings. The van der Waals surface area contributed by atoms with Crippen LogP contribution in [0.5, 0.6) is 0 Å². The molecule has 1 heterocycles. The van der Waals surface area contributed by atoms with E-state index in [0.29, 0.717) is 17.7 Å². The fraction of sp³-hybridized carbons (Fsp3) is 0.737. The predicted molar refractivity (Wildman–Crippen MR) is 108 cm³/mol. The molecule has 142 valence electrons. The fourth-order valence-electron chi connectivity index (χ4n) is 5.77. The van der Waals surface area contributed by atoms with Crippen LogP contribution in [-0.2, 0) is 4.79 Å². The van der Waals surface area contributed by atoms with Crippen molar-refractivity contribution < 1.29 is 4.79 Å². The van der Waals surface area contributed by atoms with E-state index in [4.69, 9.17) is 0 Å². The molecule has 7 heteroatoms. The Labute approximate surface area is 163 Å². The van der Waals surface area contributed by atoms with Crippen molar-refractivity contribution >= 4 is 34.1 Å². The predicted octanol–water partition coefficient (Wildman–Crippen LogP) is 3.95. The molecule has 0 aliphatic heterocycles. The van der Waals surface area contributed by atoms with E-state index in [0.717, 1.165) is 27.2 Å². The van der Waals surface area contributed by atoms with Crippen LogP contribution in [0.3, 0.4) is 0 Å². The molecule has 4 fully saturated rings. The lowest BCUT2D eigenvalue weighted by molar-refractivity contribution is -0.123. The highest BCUT2D eigenvalue weighted by atomic mass is 32.2. The lowest BCUT2D eigenvalue weighted by atomic mass is 9.48. The second-order valence-corrected chi connectivity index (χ2v) is 10.6. The van der Waals surface area contributed by atoms with Crippen LogP contribution in [-0.4, -0.2) is 34.4 Å². The summed E-state index contributed by atoms with van der Waals surface area (Å²) in [6.07, 6.45) is 10.1. The quantitative estimate of drug-likeness (QED) is 0.518. The zero-order valence-electron chi connectivity index (χ0n) is 15.4. The molecule has 1 aromatic heterocycles. The first-order valence-corrected chi connectivity index (χ1v) is 11.5. The average molecular weight is 393 g/mol. The van der Waals surface area contributed by atoms with Gasteiger partial charge in [-0.15, -0.1) is 16.8 Å². The molecule has 0 saturated heterocycles. The lowest BCUT2D eigenvalue weighted by Gasteiger charge is -2.59. The Kier molecular flexibility index (Phi) is 5.28. The number of carbonyl (C=O) groups is 1. The third-order valence-corrected chi connectivity index (χ3v) is 8.53. The molecule has 5 rings (SSSR count). The van der Waals surface area contributed by atoms with Crippen LogP contribution in [0, 0.1) is 23.2 Å². The zero-order chi connectivity index (χ0) is 18.1. The molecule has 5 nitrogen and oxygen atoms in total. The van der Waals surface area contributed by atoms with E-state index in [-0.39, 0.29) is 11.9 Å². The summed E-state index contributed by atoms with van der Waals surface area (Å²) in [6, 6.07) is 0.281. The molecule has 1 atom stereocenters. The maximum Gasteiger partial charge on any atom is 0.230 e. The molecule has 4 bridgehead atoms. The summed E-state index contributed by atoms with van der Waals surface area (Å²) in [7, 11) is 0. The lowest BCUT2D eigenvalue weighted by Crippen LogP contribution is -2.56. The Bertz CT molecular complexity index is 639. The van der Waals surface area contributed by atoms with Crippen molar-refractivity contribution in [2.24, 2.45) is 23.2 Å². The second-order valence-electron chi connectivity index (χ2n) is 8.40. The van der Waals surface area contributed by atoms with Crippen molar-refractivity contribution in [2.75, 3.05) is 17.6 Å². The number of amides is 1. The van der Waals surface area contributed by atoms with E-state index in [1.165, 1.54) is 61.6 Å². The Morgan fingerprint density at radius 1 is 1.31 bits per heavy atom. The van der Waals surface area contributed by atoms with Crippen molar-refractivity contribution in [1.82, 2.24) is 15.5 Å². The van der Waals surface area contributed by atoms with Crippen LogP contribution in [0.15, 0.2) is 17.0 Å². The highest BCUT2D eigenvalue weighted by molar-refractivity contribution is 8.01. The van der Waals surface area contributed by atoms with E-state index in [2.05, 4.69) is 34.3 Å². The van der Waals surface area contributed by atoms with Gasteiger partial charge in [-0.2, -0.15) is 0 Å². The number of hydrogen-bond donors (Lipinski definition) is 2. The van der Waals surface area contributed by atoms with Crippen molar-refractivity contribution in [3.8, 4) is 0 Å². The number of rotatable bonds is 8. The van der Waals surface area contributed by atoms with Crippen LogP contribution in [0.4, 0.5) is 5.13 Å². The fourth-order valence-corrected chi connectivity index (χ4v) is 7.34. The van der Waals surface area contributed by atoms with Crippen LogP contribution in [0.1, 0.15) is 45.4 Å². The van der Waals surface area contributed by atoms with Crippen molar-refractivity contribution in [3.05, 3.63) is 12.7 Å². The molecular formula is C19H28N4OS2. The molecule has 2 N–H and O–H groups in total. The Morgan fingerprint density at radius 2 is 1.96 bits per heavy atom. The third-order valence-electron chi connectivity index (χ3n) is 6.51. The van der Waals surface area contributed by atoms with Gasteiger partial charge in [0.25, 0.3) is 0 Å². The van der Waals surface area contributed by atoms with Gasteiger partial charge in [-0.05, 0) is 68.6 Å². The Balaban J connectivity index is 1.28. The van der Waals surface area contributed by atoms with E-state index >= 15 is 0 Å². The number of hydrogen-bond acceptors (Lipinski definition) is 6. The van der Waals surface area contributed by atoms with Gasteiger partial charge in [0.2, 0.25) is 11.0 Å². The van der Waals surface area contributed by atoms with Gasteiger partial charge in [-0.25, -0.2) is 0 Å². The molecule has 26 heavy (non-hydrogen) atoms. The van der Waals surface area contributed by atoms with Gasteiger partial charge >= 0.3 is 0 Å². The van der Waals surface area contributed by atoms with E-state index < -0.39 is 0 Å². The zero-order valence-corrected chi connectivity index (χ0v) is 17.0. The summed E-state index contributed by atoms with van der Waals surface area (Å²) < 4.78 is 0.828. The van der Waals surface area contributed by atoms with E-state index in [1.54, 1.807) is 6.08 Å². The minimum atomic E-state index is 0.119. The minimum Gasteiger partial charge on any atom is -0.357 e. The van der Waals surface area contributed by atoms with E-state index in [9.17, 15) is 4.79 Å². The molecule has 4 aliphatic carbocycles. The van der Waals surface area contributed by atoms with Gasteiger partial charge in [0, 0.05) is 12.6 Å². The molecule has 1 aromatic rings. The average Bonchev–Trinajstić information content (AvgIpc) is 3.05. The molecule has 0 spiro atoms. The number of thioether (sulfide) groups is 1. The summed E-state index contributed by atoms with van der Waals surface area (Å²) in [5, 5.41) is 15.4. The summed E-state index contributed by atoms with van der Waals surface area (Å²) in [5.74, 6) is 3.27. The van der Waals surface area contributed by atoms with Gasteiger partial charge in [0.05, 0.1) is 5.75 Å². The number of nitrogens with one attached hydrogen (secondary N) is 2. The molecule has 0 unspecified atom stereocenters. The standard InChI is InChI=1S/C19H28N4OS2/c1-3-4-20-17-22-23-18(26-17)25-11-16(24)21-12(2)19-8-13-5-14(9-19)7-15(6-13)10-19/h3,12-15H,1,4-11H2,2H3,(H,20,22)(H,21,24)/t12-,13?,14?,15?,19?/m0/s1. The summed E-state index contributed by atoms with van der Waals surface area (Å²) in [6.45, 7) is 6.58. The van der Waals surface area contributed by atoms with Gasteiger partial charge in [0.15, 0.2) is 4.34 Å². The number of aromatic nitrogens is 2. The largest absolute Gasteiger partial charge is 0.357 e. The van der Waals surface area contributed by atoms with Gasteiger partial charge in [-0.3, -0.25) is 4.79 Å². The first-order valence-electron chi connectivity index (χ1n) is 9.67. The van der Waals surface area contributed by atoms with Crippen LogP contribution in [0.2, 0.25) is 0 Å². The first-order chi connectivity index (χ1) is 12.6. The third kappa shape index (κ3) is 3.79. The van der Waals surface area contributed by atoms with Crippen LogP contribution < -0.4 is 10.6 Å². The number of carbonyl (C=O) groups excluding carboxylic acids is 1. The Morgan fingerprint density at radius 3 is 2.58 bits per heavy atom. The highest BCUT2D eigenvalue weighted by Crippen LogP contribution is 2.61. The smallest absolute Gasteiger partial charge is 0.230 e. The van der Waals surface area contributed by atoms with E-state index in [1.807, 2.05) is 0 Å². The van der Waals surface area contributed by atoms with Crippen molar-refractivity contribution in [1.29, 1.82) is 0 Å². The monoisotopic (exact) mass is 392 g/mol. The summed E-state index contributed by atoms with van der Waals surface area (Å²) in [4.78, 5) is 12.5. The van der Waals surface area contributed by atoms with Crippen LogP contribution >= 0.6 is 23.1 Å². The molecular weight excluding hydrogens is 364 g/mol. The number of nitrogens with zero attached hydrogens (tertiary/aromatic N) is 2. The molecule has 0 aromatic carbocycles. The SMILES string of the molecule is C=CCNc1nnc(SCC(=O)N[C@@H](C)C23CC4CC(CC(C4)C2)C3)s1. The van der Waals surface area contributed by atoms with Crippen LogP contribution in [0.25, 0.3) is 0 Å². The maximum atomic E-state index is 12.5. The highest BCUT2D eigenvalue weighted by Gasteiger charge is 2.53. The second kappa shape index (κ2) is 7.50. The summed E-state index contributed by atoms with van der Waals surface area (Å²) >= 11 is 2.95. The normalized spacial score (nSPS) is 33.0. The molecule has 4 saturated carbocycles. The van der Waals surface area contributed by atoms with Gasteiger partial charge in [-0.1, -0.05) is 29.2 Å².